The van der Waals surface area contributed by atoms with Crippen molar-refractivity contribution in [1.29, 1.82) is 0 Å². The summed E-state index contributed by atoms with van der Waals surface area (Å²) in [5, 5.41) is 2.79. The van der Waals surface area contributed by atoms with Gasteiger partial charge in [0.15, 0.2) is 0 Å². The molecular formula is C15H14FIN2O. The summed E-state index contributed by atoms with van der Waals surface area (Å²) >= 11 is 1.99. The van der Waals surface area contributed by atoms with Gasteiger partial charge in [-0.2, -0.15) is 0 Å². The topological polar surface area (TPSA) is 32.3 Å². The van der Waals surface area contributed by atoms with Crippen LogP contribution in [-0.2, 0) is 0 Å². The van der Waals surface area contributed by atoms with Gasteiger partial charge >= 0.3 is 0 Å². The normalized spacial score (nSPS) is 10.2. The van der Waals surface area contributed by atoms with Crippen molar-refractivity contribution in [3.63, 3.8) is 0 Å². The molecule has 0 saturated heterocycles. The molecule has 0 saturated carbocycles. The molecule has 0 radical (unpaired) electrons. The molecule has 3 nitrogen and oxygen atoms in total. The lowest BCUT2D eigenvalue weighted by atomic mass is 10.1. The van der Waals surface area contributed by atoms with Crippen molar-refractivity contribution >= 4 is 39.9 Å². The number of hydrogen-bond acceptors (Lipinski definition) is 2. The zero-order chi connectivity index (χ0) is 14.7. The van der Waals surface area contributed by atoms with E-state index in [9.17, 15) is 9.18 Å². The molecule has 0 aromatic heterocycles. The molecule has 0 unspecified atom stereocenters. The van der Waals surface area contributed by atoms with Crippen molar-refractivity contribution in [3.05, 3.63) is 57.4 Å². The van der Waals surface area contributed by atoms with E-state index in [1.807, 2.05) is 59.8 Å². The van der Waals surface area contributed by atoms with Crippen LogP contribution in [0.25, 0.3) is 0 Å². The lowest BCUT2D eigenvalue weighted by Gasteiger charge is -2.13. The molecule has 0 aliphatic heterocycles. The first-order chi connectivity index (χ1) is 9.47. The number of nitrogens with one attached hydrogen (secondary N) is 1. The van der Waals surface area contributed by atoms with E-state index in [-0.39, 0.29) is 11.7 Å². The molecule has 1 N–H and O–H groups in total. The van der Waals surface area contributed by atoms with E-state index in [1.165, 1.54) is 12.1 Å². The maximum absolute atomic E-state index is 13.0. The smallest absolute Gasteiger partial charge is 0.255 e. The molecule has 2 aromatic carbocycles. The Morgan fingerprint density at radius 1 is 1.20 bits per heavy atom. The van der Waals surface area contributed by atoms with Crippen molar-refractivity contribution in [1.82, 2.24) is 0 Å². The number of rotatable bonds is 3. The van der Waals surface area contributed by atoms with Gasteiger partial charge in [-0.1, -0.05) is 6.07 Å². The molecule has 2 aromatic rings. The highest BCUT2D eigenvalue weighted by atomic mass is 127. The minimum absolute atomic E-state index is 0.210. The largest absolute Gasteiger partial charge is 0.378 e. The summed E-state index contributed by atoms with van der Waals surface area (Å²) in [6.45, 7) is 0. The van der Waals surface area contributed by atoms with Crippen molar-refractivity contribution in [3.8, 4) is 0 Å². The van der Waals surface area contributed by atoms with E-state index in [2.05, 4.69) is 5.32 Å². The molecule has 0 heterocycles. The summed E-state index contributed by atoms with van der Waals surface area (Å²) in [5.74, 6) is -0.528. The highest BCUT2D eigenvalue weighted by molar-refractivity contribution is 14.1. The van der Waals surface area contributed by atoms with Crippen molar-refractivity contribution in [2.75, 3.05) is 24.3 Å². The molecule has 0 aliphatic rings. The van der Waals surface area contributed by atoms with Crippen molar-refractivity contribution < 1.29 is 9.18 Å². The number of anilines is 2. The van der Waals surface area contributed by atoms with Gasteiger partial charge in [0, 0.05) is 28.9 Å². The Kier molecular flexibility index (Phi) is 4.59. The van der Waals surface area contributed by atoms with Crippen LogP contribution >= 0.6 is 22.6 Å². The highest BCUT2D eigenvalue weighted by Gasteiger charge is 2.09. The molecule has 5 heteroatoms. The summed E-state index contributed by atoms with van der Waals surface area (Å²) in [6.07, 6.45) is 0. The van der Waals surface area contributed by atoms with Crippen LogP contribution in [0.3, 0.4) is 0 Å². The SMILES string of the molecule is CN(C)c1cccc(C(=O)Nc2ccc(F)cc2I)c1. The first kappa shape index (κ1) is 14.8. The van der Waals surface area contributed by atoms with Crippen LogP contribution < -0.4 is 10.2 Å². The number of nitrogens with zero attached hydrogens (tertiary/aromatic N) is 1. The van der Waals surface area contributed by atoms with E-state index < -0.39 is 0 Å². The summed E-state index contributed by atoms with van der Waals surface area (Å²) in [5.41, 5.74) is 2.12. The van der Waals surface area contributed by atoms with Gasteiger partial charge in [-0.25, -0.2) is 4.39 Å². The van der Waals surface area contributed by atoms with E-state index in [0.717, 1.165) is 5.69 Å². The number of carbonyl (C=O) groups is 1. The van der Waals surface area contributed by atoms with Gasteiger partial charge in [0.05, 0.1) is 5.69 Å². The van der Waals surface area contributed by atoms with Gasteiger partial charge in [-0.3, -0.25) is 4.79 Å². The van der Waals surface area contributed by atoms with Crippen LogP contribution in [0.15, 0.2) is 42.5 Å². The van der Waals surface area contributed by atoms with E-state index >= 15 is 0 Å². The Morgan fingerprint density at radius 2 is 1.95 bits per heavy atom. The number of hydrogen-bond donors (Lipinski definition) is 1. The number of halogens is 2. The van der Waals surface area contributed by atoms with Gasteiger partial charge in [0.2, 0.25) is 0 Å². The Balaban J connectivity index is 2.21. The average molecular weight is 384 g/mol. The lowest BCUT2D eigenvalue weighted by Crippen LogP contribution is -2.14. The van der Waals surface area contributed by atoms with Crippen LogP contribution in [0.5, 0.6) is 0 Å². The highest BCUT2D eigenvalue weighted by Crippen LogP contribution is 2.20. The predicted molar refractivity (Wildman–Crippen MR) is 87.8 cm³/mol. The Hall–Kier alpha value is -1.63. The van der Waals surface area contributed by atoms with Crippen LogP contribution in [0.1, 0.15) is 10.4 Å². The second-order valence-corrected chi connectivity index (χ2v) is 5.69. The standard InChI is InChI=1S/C15H14FIN2O/c1-19(2)12-5-3-4-10(8-12)15(20)18-14-7-6-11(16)9-13(14)17/h3-9H,1-2H3,(H,18,20). The minimum Gasteiger partial charge on any atom is -0.378 e. The van der Waals surface area contributed by atoms with E-state index in [4.69, 9.17) is 0 Å². The zero-order valence-electron chi connectivity index (χ0n) is 11.2. The van der Waals surface area contributed by atoms with Crippen LogP contribution in [0.4, 0.5) is 15.8 Å². The van der Waals surface area contributed by atoms with Gasteiger partial charge in [0.1, 0.15) is 5.82 Å². The third-order valence-corrected chi connectivity index (χ3v) is 3.70. The molecule has 0 atom stereocenters. The molecule has 0 bridgehead atoms. The average Bonchev–Trinajstić information content (AvgIpc) is 2.42. The molecule has 20 heavy (non-hydrogen) atoms. The predicted octanol–water partition coefficient (Wildman–Crippen LogP) is 3.75. The molecule has 1 amide bonds. The fraction of sp³-hybridized carbons (Fsp3) is 0.133. The number of carbonyl (C=O) groups excluding carboxylic acids is 1. The quantitative estimate of drug-likeness (QED) is 0.818. The third-order valence-electron chi connectivity index (χ3n) is 2.80. The maximum Gasteiger partial charge on any atom is 0.255 e. The maximum atomic E-state index is 13.0. The summed E-state index contributed by atoms with van der Waals surface area (Å²) in [4.78, 5) is 14.1. The zero-order valence-corrected chi connectivity index (χ0v) is 13.3. The summed E-state index contributed by atoms with van der Waals surface area (Å²) in [6, 6.07) is 11.6. The second-order valence-electron chi connectivity index (χ2n) is 4.52. The van der Waals surface area contributed by atoms with E-state index in [1.54, 1.807) is 12.1 Å². The fourth-order valence-electron chi connectivity index (χ4n) is 1.71. The van der Waals surface area contributed by atoms with Crippen LogP contribution in [0, 0.1) is 9.39 Å². The van der Waals surface area contributed by atoms with Gasteiger partial charge in [-0.15, -0.1) is 0 Å². The third kappa shape index (κ3) is 3.47. The van der Waals surface area contributed by atoms with Gasteiger partial charge in [0.25, 0.3) is 5.91 Å². The lowest BCUT2D eigenvalue weighted by molar-refractivity contribution is 0.102. The molecule has 0 spiro atoms. The summed E-state index contributed by atoms with van der Waals surface area (Å²) < 4.78 is 13.7. The van der Waals surface area contributed by atoms with Crippen molar-refractivity contribution in [2.45, 2.75) is 0 Å². The number of amides is 1. The minimum atomic E-state index is -0.318. The molecule has 104 valence electrons. The molecule has 0 aliphatic carbocycles. The van der Waals surface area contributed by atoms with Crippen molar-refractivity contribution in [2.24, 2.45) is 0 Å². The van der Waals surface area contributed by atoms with Crippen LogP contribution in [0.2, 0.25) is 0 Å². The number of benzene rings is 2. The molecule has 2 rings (SSSR count). The Bertz CT molecular complexity index is 644. The Morgan fingerprint density at radius 3 is 2.60 bits per heavy atom. The summed E-state index contributed by atoms with van der Waals surface area (Å²) in [7, 11) is 3.83. The first-order valence-corrected chi connectivity index (χ1v) is 7.09. The van der Waals surface area contributed by atoms with Crippen LogP contribution in [-0.4, -0.2) is 20.0 Å². The first-order valence-electron chi connectivity index (χ1n) is 6.01. The van der Waals surface area contributed by atoms with Gasteiger partial charge < -0.3 is 10.2 Å². The van der Waals surface area contributed by atoms with Gasteiger partial charge in [-0.05, 0) is 59.0 Å². The Labute approximate surface area is 130 Å². The molecule has 0 fully saturated rings. The monoisotopic (exact) mass is 384 g/mol. The fourth-order valence-corrected chi connectivity index (χ4v) is 2.32. The molecular weight excluding hydrogens is 370 g/mol. The van der Waals surface area contributed by atoms with E-state index in [0.29, 0.717) is 14.8 Å². The second kappa shape index (κ2) is 6.21.